The van der Waals surface area contributed by atoms with E-state index in [1.54, 1.807) is 0 Å². The highest BCUT2D eigenvalue weighted by Gasteiger charge is 2.26. The number of fused-ring (bicyclic) bond motifs is 1. The lowest BCUT2D eigenvalue weighted by Gasteiger charge is -2.30. The van der Waals surface area contributed by atoms with Crippen LogP contribution in [0.15, 0.2) is 6.07 Å². The van der Waals surface area contributed by atoms with Crippen LogP contribution in [0.1, 0.15) is 54.0 Å². The molecule has 0 fully saturated rings. The van der Waals surface area contributed by atoms with E-state index in [-0.39, 0.29) is 6.04 Å². The molecule has 15 heavy (non-hydrogen) atoms. The van der Waals surface area contributed by atoms with Crippen LogP contribution >= 0.6 is 11.6 Å². The van der Waals surface area contributed by atoms with Crippen molar-refractivity contribution in [2.75, 3.05) is 0 Å². The molecule has 2 N–H and O–H groups in total. The Labute approximate surface area is 96.6 Å². The Bertz CT molecular complexity index is 398. The van der Waals surface area contributed by atoms with E-state index in [2.05, 4.69) is 26.8 Å². The highest BCUT2D eigenvalue weighted by molar-refractivity contribution is 6.31. The number of rotatable bonds is 0. The summed E-state index contributed by atoms with van der Waals surface area (Å²) in [5, 5.41) is 0.899. The maximum atomic E-state index is 6.32. The summed E-state index contributed by atoms with van der Waals surface area (Å²) >= 11 is 6.32. The first-order valence-electron chi connectivity index (χ1n) is 5.57. The van der Waals surface area contributed by atoms with Crippen LogP contribution in [0.2, 0.25) is 5.02 Å². The van der Waals surface area contributed by atoms with E-state index >= 15 is 0 Å². The Morgan fingerprint density at radius 1 is 1.27 bits per heavy atom. The molecule has 0 saturated heterocycles. The predicted octanol–water partition coefficient (Wildman–Crippen LogP) is 3.85. The van der Waals surface area contributed by atoms with E-state index in [1.165, 1.54) is 22.3 Å². The summed E-state index contributed by atoms with van der Waals surface area (Å²) in [6.07, 6.45) is 2.23. The van der Waals surface area contributed by atoms with Crippen molar-refractivity contribution in [2.45, 2.75) is 45.6 Å². The zero-order chi connectivity index (χ0) is 11.2. The fourth-order valence-corrected chi connectivity index (χ4v) is 3.07. The van der Waals surface area contributed by atoms with Crippen LogP contribution in [0.3, 0.4) is 0 Å². The normalized spacial score (nSPS) is 25.1. The number of hydrogen-bond acceptors (Lipinski definition) is 1. The maximum Gasteiger partial charge on any atom is 0.0446 e. The van der Waals surface area contributed by atoms with Gasteiger partial charge in [0, 0.05) is 11.1 Å². The summed E-state index contributed by atoms with van der Waals surface area (Å²) in [6.45, 7) is 6.50. The molecule has 0 aliphatic heterocycles. The third-order valence-electron chi connectivity index (χ3n) is 3.66. The molecule has 0 bridgehead atoms. The van der Waals surface area contributed by atoms with E-state index in [1.807, 2.05) is 0 Å². The second-order valence-corrected chi connectivity index (χ2v) is 5.12. The first-order chi connectivity index (χ1) is 7.02. The summed E-state index contributed by atoms with van der Waals surface area (Å²) < 4.78 is 0. The molecule has 1 aromatic carbocycles. The highest BCUT2D eigenvalue weighted by atomic mass is 35.5. The maximum absolute atomic E-state index is 6.32. The number of hydrogen-bond donors (Lipinski definition) is 1. The average Bonchev–Trinajstić information content (AvgIpc) is 2.18. The molecule has 1 aliphatic carbocycles. The van der Waals surface area contributed by atoms with Gasteiger partial charge in [-0.15, -0.1) is 0 Å². The van der Waals surface area contributed by atoms with Gasteiger partial charge in [-0.3, -0.25) is 0 Å². The van der Waals surface area contributed by atoms with Gasteiger partial charge in [-0.2, -0.15) is 0 Å². The van der Waals surface area contributed by atoms with Crippen LogP contribution in [0.5, 0.6) is 0 Å². The van der Waals surface area contributed by atoms with Crippen LogP contribution in [-0.4, -0.2) is 0 Å². The number of benzene rings is 1. The van der Waals surface area contributed by atoms with Crippen molar-refractivity contribution in [1.29, 1.82) is 0 Å². The van der Waals surface area contributed by atoms with E-state index in [4.69, 9.17) is 17.3 Å². The molecule has 1 aromatic rings. The van der Waals surface area contributed by atoms with Gasteiger partial charge in [0.1, 0.15) is 0 Å². The quantitative estimate of drug-likeness (QED) is 0.710. The standard InChI is InChI=1S/C13H18ClN/c1-7-4-5-11(15)13-9(3)8(2)6-10(14)12(7)13/h6-7,11H,4-5,15H2,1-3H3/t7?,11-/m0/s1. The zero-order valence-electron chi connectivity index (χ0n) is 9.60. The van der Waals surface area contributed by atoms with Crippen molar-refractivity contribution in [3.05, 3.63) is 33.3 Å². The Kier molecular flexibility index (Phi) is 2.78. The largest absolute Gasteiger partial charge is 0.324 e. The van der Waals surface area contributed by atoms with E-state index in [0.29, 0.717) is 5.92 Å². The van der Waals surface area contributed by atoms with Crippen LogP contribution in [-0.2, 0) is 0 Å². The minimum Gasteiger partial charge on any atom is -0.324 e. The predicted molar refractivity (Wildman–Crippen MR) is 65.5 cm³/mol. The molecule has 0 saturated carbocycles. The zero-order valence-corrected chi connectivity index (χ0v) is 10.4. The molecule has 1 aliphatic rings. The fraction of sp³-hybridized carbons (Fsp3) is 0.538. The average molecular weight is 224 g/mol. The van der Waals surface area contributed by atoms with Gasteiger partial charge in [0.05, 0.1) is 0 Å². The van der Waals surface area contributed by atoms with Crippen molar-refractivity contribution in [1.82, 2.24) is 0 Å². The van der Waals surface area contributed by atoms with Gasteiger partial charge in [-0.25, -0.2) is 0 Å². The fourth-order valence-electron chi connectivity index (χ4n) is 2.62. The lowest BCUT2D eigenvalue weighted by atomic mass is 9.78. The van der Waals surface area contributed by atoms with Crippen molar-refractivity contribution >= 4 is 11.6 Å². The van der Waals surface area contributed by atoms with Crippen LogP contribution < -0.4 is 5.73 Å². The van der Waals surface area contributed by atoms with Gasteiger partial charge >= 0.3 is 0 Å². The lowest BCUT2D eigenvalue weighted by molar-refractivity contribution is 0.511. The second kappa shape index (κ2) is 3.80. The SMILES string of the molecule is Cc1cc(Cl)c2c(c1C)[C@@H](N)CCC2C. The Morgan fingerprint density at radius 2 is 1.93 bits per heavy atom. The van der Waals surface area contributed by atoms with Crippen molar-refractivity contribution in [3.63, 3.8) is 0 Å². The van der Waals surface area contributed by atoms with Crippen LogP contribution in [0, 0.1) is 13.8 Å². The number of aryl methyl sites for hydroxylation is 1. The molecule has 0 amide bonds. The van der Waals surface area contributed by atoms with Crippen LogP contribution in [0.25, 0.3) is 0 Å². The Balaban J connectivity index is 2.71. The topological polar surface area (TPSA) is 26.0 Å². The van der Waals surface area contributed by atoms with E-state index in [9.17, 15) is 0 Å². The summed E-state index contributed by atoms with van der Waals surface area (Å²) in [6, 6.07) is 2.25. The smallest absolute Gasteiger partial charge is 0.0446 e. The van der Waals surface area contributed by atoms with E-state index < -0.39 is 0 Å². The first-order valence-corrected chi connectivity index (χ1v) is 5.95. The molecule has 0 radical (unpaired) electrons. The number of halogens is 1. The van der Waals surface area contributed by atoms with Gasteiger partial charge in [0.15, 0.2) is 0 Å². The van der Waals surface area contributed by atoms with Gasteiger partial charge in [0.2, 0.25) is 0 Å². The molecular weight excluding hydrogens is 206 g/mol. The molecule has 2 rings (SSSR count). The summed E-state index contributed by atoms with van der Waals surface area (Å²) in [4.78, 5) is 0. The van der Waals surface area contributed by atoms with Crippen molar-refractivity contribution in [3.8, 4) is 0 Å². The van der Waals surface area contributed by atoms with Gasteiger partial charge in [-0.1, -0.05) is 18.5 Å². The molecule has 1 nitrogen and oxygen atoms in total. The molecule has 2 heteroatoms. The summed E-state index contributed by atoms with van der Waals surface area (Å²) in [5.41, 5.74) is 11.4. The Hall–Kier alpha value is -0.530. The molecule has 2 atom stereocenters. The van der Waals surface area contributed by atoms with Crippen LogP contribution in [0.4, 0.5) is 0 Å². The molecule has 0 heterocycles. The molecule has 1 unspecified atom stereocenters. The minimum absolute atomic E-state index is 0.175. The molecule has 0 aromatic heterocycles. The third kappa shape index (κ3) is 1.68. The monoisotopic (exact) mass is 223 g/mol. The Morgan fingerprint density at radius 3 is 2.60 bits per heavy atom. The molecule has 0 spiro atoms. The third-order valence-corrected chi connectivity index (χ3v) is 3.97. The minimum atomic E-state index is 0.175. The summed E-state index contributed by atoms with van der Waals surface area (Å²) in [7, 11) is 0. The van der Waals surface area contributed by atoms with E-state index in [0.717, 1.165) is 17.9 Å². The second-order valence-electron chi connectivity index (χ2n) is 4.71. The first kappa shape index (κ1) is 11.0. The van der Waals surface area contributed by atoms with Gasteiger partial charge in [0.25, 0.3) is 0 Å². The van der Waals surface area contributed by atoms with Gasteiger partial charge < -0.3 is 5.73 Å². The molecule has 82 valence electrons. The van der Waals surface area contributed by atoms with Gasteiger partial charge in [-0.05, 0) is 60.9 Å². The number of nitrogens with two attached hydrogens (primary N) is 1. The van der Waals surface area contributed by atoms with Crippen molar-refractivity contribution < 1.29 is 0 Å². The highest BCUT2D eigenvalue weighted by Crippen LogP contribution is 2.42. The van der Waals surface area contributed by atoms with Crippen molar-refractivity contribution in [2.24, 2.45) is 5.73 Å². The summed E-state index contributed by atoms with van der Waals surface area (Å²) in [5.74, 6) is 0.548. The molecular formula is C13H18ClN. The lowest BCUT2D eigenvalue weighted by Crippen LogP contribution is -2.21.